The number of fused-ring (bicyclic) bond motifs is 1. The predicted octanol–water partition coefficient (Wildman–Crippen LogP) is 1.18. The lowest BCUT2D eigenvalue weighted by Crippen LogP contribution is -2.38. The number of hydrogen-bond acceptors (Lipinski definition) is 4. The summed E-state index contributed by atoms with van der Waals surface area (Å²) in [6.07, 6.45) is 1.38. The maximum absolute atomic E-state index is 12.0. The van der Waals surface area contributed by atoms with Gasteiger partial charge in [0, 0.05) is 26.2 Å². The van der Waals surface area contributed by atoms with Crippen molar-refractivity contribution in [3.63, 3.8) is 0 Å². The molecular formula is C18H24N2O4. The monoisotopic (exact) mass is 332 g/mol. The van der Waals surface area contributed by atoms with Gasteiger partial charge in [-0.1, -0.05) is 24.3 Å². The minimum absolute atomic E-state index is 0.192. The van der Waals surface area contributed by atoms with E-state index in [4.69, 9.17) is 9.84 Å². The van der Waals surface area contributed by atoms with Crippen LogP contribution in [-0.4, -0.2) is 53.7 Å². The Morgan fingerprint density at radius 2 is 1.96 bits per heavy atom. The van der Waals surface area contributed by atoms with Gasteiger partial charge in [-0.05, 0) is 36.8 Å². The second-order valence-corrected chi connectivity index (χ2v) is 6.47. The van der Waals surface area contributed by atoms with Crippen LogP contribution >= 0.6 is 0 Å². The zero-order valence-electron chi connectivity index (χ0n) is 13.7. The highest BCUT2D eigenvalue weighted by Gasteiger charge is 2.34. The van der Waals surface area contributed by atoms with E-state index in [2.05, 4.69) is 34.5 Å². The average molecular weight is 332 g/mol. The van der Waals surface area contributed by atoms with Crippen LogP contribution in [0.5, 0.6) is 0 Å². The molecule has 1 aromatic carbocycles. The first kappa shape index (κ1) is 16.9. The fraction of sp³-hybridized carbons (Fsp3) is 0.556. The Bertz CT molecular complexity index is 604. The van der Waals surface area contributed by atoms with E-state index in [9.17, 15) is 9.59 Å². The second kappa shape index (κ2) is 7.77. The Morgan fingerprint density at radius 3 is 2.71 bits per heavy atom. The third kappa shape index (κ3) is 4.13. The number of carboxylic acids is 1. The third-order valence-electron chi connectivity index (χ3n) is 4.75. The maximum atomic E-state index is 12.0. The molecule has 1 aromatic rings. The first-order chi connectivity index (χ1) is 11.6. The van der Waals surface area contributed by atoms with Gasteiger partial charge in [-0.25, -0.2) is 4.79 Å². The molecule has 3 rings (SSSR count). The Kier molecular flexibility index (Phi) is 5.48. The number of nitrogens with one attached hydrogen (secondary N) is 1. The molecule has 130 valence electrons. The largest absolute Gasteiger partial charge is 0.479 e. The topological polar surface area (TPSA) is 78.9 Å². The summed E-state index contributed by atoms with van der Waals surface area (Å²) in [5.74, 6) is -1.18. The molecule has 0 aromatic heterocycles. The maximum Gasteiger partial charge on any atom is 0.332 e. The van der Waals surface area contributed by atoms with Gasteiger partial charge in [0.1, 0.15) is 6.10 Å². The van der Waals surface area contributed by atoms with E-state index in [1.165, 1.54) is 11.1 Å². The Hall–Kier alpha value is -1.92. The normalized spacial score (nSPS) is 23.7. The molecule has 0 unspecified atom stereocenters. The highest BCUT2D eigenvalue weighted by molar-refractivity contribution is 5.82. The molecule has 1 saturated heterocycles. The molecule has 0 saturated carbocycles. The van der Waals surface area contributed by atoms with Crippen molar-refractivity contribution >= 4 is 11.9 Å². The van der Waals surface area contributed by atoms with E-state index >= 15 is 0 Å². The van der Waals surface area contributed by atoms with Crippen LogP contribution in [0.1, 0.15) is 30.4 Å². The standard InChI is InChI=1S/C18H24N2O4/c21-17(15-6-7-16(24-15)18(22)23)19-9-3-10-20-11-8-13-4-1-2-5-14(13)12-20/h1-2,4-5,15-16H,3,6-12H2,(H,19,21)(H,22,23)/t15-,16+/m0/s1. The summed E-state index contributed by atoms with van der Waals surface area (Å²) in [7, 11) is 0. The summed E-state index contributed by atoms with van der Waals surface area (Å²) in [6.45, 7) is 3.56. The smallest absolute Gasteiger partial charge is 0.332 e. The van der Waals surface area contributed by atoms with Crippen molar-refractivity contribution in [2.45, 2.75) is 44.4 Å². The summed E-state index contributed by atoms with van der Waals surface area (Å²) < 4.78 is 5.25. The van der Waals surface area contributed by atoms with E-state index < -0.39 is 18.2 Å². The summed E-state index contributed by atoms with van der Waals surface area (Å²) in [5.41, 5.74) is 2.83. The molecule has 2 aliphatic heterocycles. The summed E-state index contributed by atoms with van der Waals surface area (Å²) >= 11 is 0. The van der Waals surface area contributed by atoms with Gasteiger partial charge in [0.05, 0.1) is 0 Å². The molecular weight excluding hydrogens is 308 g/mol. The lowest BCUT2D eigenvalue weighted by Gasteiger charge is -2.28. The van der Waals surface area contributed by atoms with E-state index in [1.54, 1.807) is 0 Å². The van der Waals surface area contributed by atoms with Gasteiger partial charge in [0.25, 0.3) is 0 Å². The van der Waals surface area contributed by atoms with Gasteiger partial charge in [-0.3, -0.25) is 9.69 Å². The summed E-state index contributed by atoms with van der Waals surface area (Å²) in [6, 6.07) is 8.54. The molecule has 2 atom stereocenters. The van der Waals surface area contributed by atoms with Gasteiger partial charge in [-0.15, -0.1) is 0 Å². The molecule has 0 bridgehead atoms. The number of nitrogens with zero attached hydrogens (tertiary/aromatic N) is 1. The molecule has 24 heavy (non-hydrogen) atoms. The SMILES string of the molecule is O=C(NCCCN1CCc2ccccc2C1)[C@@H]1CC[C@H](C(=O)O)O1. The third-order valence-corrected chi connectivity index (χ3v) is 4.75. The number of aliphatic carboxylic acids is 1. The van der Waals surface area contributed by atoms with E-state index in [0.717, 1.165) is 32.5 Å². The van der Waals surface area contributed by atoms with Crippen molar-refractivity contribution in [2.24, 2.45) is 0 Å². The van der Waals surface area contributed by atoms with Crippen LogP contribution in [0.3, 0.4) is 0 Å². The minimum atomic E-state index is -0.990. The van der Waals surface area contributed by atoms with Crippen molar-refractivity contribution in [3.8, 4) is 0 Å². The van der Waals surface area contributed by atoms with Crippen LogP contribution in [0.15, 0.2) is 24.3 Å². The number of carbonyl (C=O) groups excluding carboxylic acids is 1. The molecule has 0 spiro atoms. The van der Waals surface area contributed by atoms with Crippen LogP contribution in [-0.2, 0) is 27.3 Å². The van der Waals surface area contributed by atoms with E-state index in [1.807, 2.05) is 0 Å². The molecule has 2 N–H and O–H groups in total. The zero-order chi connectivity index (χ0) is 16.9. The number of hydrogen-bond donors (Lipinski definition) is 2. The van der Waals surface area contributed by atoms with Crippen LogP contribution in [0.2, 0.25) is 0 Å². The van der Waals surface area contributed by atoms with Crippen LogP contribution in [0, 0.1) is 0 Å². The van der Waals surface area contributed by atoms with Crippen LogP contribution in [0.25, 0.3) is 0 Å². The molecule has 1 amide bonds. The van der Waals surface area contributed by atoms with Crippen LogP contribution in [0.4, 0.5) is 0 Å². The molecule has 6 nitrogen and oxygen atoms in total. The Labute approximate surface area is 141 Å². The first-order valence-electron chi connectivity index (χ1n) is 8.58. The van der Waals surface area contributed by atoms with Gasteiger partial charge in [-0.2, -0.15) is 0 Å². The molecule has 1 fully saturated rings. The summed E-state index contributed by atoms with van der Waals surface area (Å²) in [5, 5.41) is 11.7. The highest BCUT2D eigenvalue weighted by Crippen LogP contribution is 2.20. The molecule has 0 radical (unpaired) electrons. The summed E-state index contributed by atoms with van der Waals surface area (Å²) in [4.78, 5) is 25.2. The average Bonchev–Trinajstić information content (AvgIpc) is 3.09. The minimum Gasteiger partial charge on any atom is -0.479 e. The van der Waals surface area contributed by atoms with E-state index in [-0.39, 0.29) is 5.91 Å². The van der Waals surface area contributed by atoms with Crippen LogP contribution < -0.4 is 5.32 Å². The van der Waals surface area contributed by atoms with Crippen molar-refractivity contribution in [2.75, 3.05) is 19.6 Å². The Morgan fingerprint density at radius 1 is 1.21 bits per heavy atom. The Balaban J connectivity index is 1.34. The van der Waals surface area contributed by atoms with Crippen molar-refractivity contribution < 1.29 is 19.4 Å². The zero-order valence-corrected chi connectivity index (χ0v) is 13.7. The molecule has 2 aliphatic rings. The van der Waals surface area contributed by atoms with Gasteiger partial charge in [0.15, 0.2) is 6.10 Å². The first-order valence-corrected chi connectivity index (χ1v) is 8.58. The van der Waals surface area contributed by atoms with Gasteiger partial charge in [0.2, 0.25) is 5.91 Å². The van der Waals surface area contributed by atoms with Crippen molar-refractivity contribution in [1.29, 1.82) is 0 Å². The molecule has 6 heteroatoms. The fourth-order valence-electron chi connectivity index (χ4n) is 3.38. The number of benzene rings is 1. The fourth-order valence-corrected chi connectivity index (χ4v) is 3.38. The molecule has 2 heterocycles. The van der Waals surface area contributed by atoms with Gasteiger partial charge < -0.3 is 15.2 Å². The lowest BCUT2D eigenvalue weighted by molar-refractivity contribution is -0.151. The van der Waals surface area contributed by atoms with Crippen molar-refractivity contribution in [3.05, 3.63) is 35.4 Å². The lowest BCUT2D eigenvalue weighted by atomic mass is 10.00. The second-order valence-electron chi connectivity index (χ2n) is 6.47. The van der Waals surface area contributed by atoms with Gasteiger partial charge >= 0.3 is 5.97 Å². The number of ether oxygens (including phenoxy) is 1. The van der Waals surface area contributed by atoms with E-state index in [0.29, 0.717) is 19.4 Å². The number of carbonyl (C=O) groups is 2. The number of carboxylic acid groups (broad SMARTS) is 1. The predicted molar refractivity (Wildman–Crippen MR) is 88.6 cm³/mol. The van der Waals surface area contributed by atoms with Crippen molar-refractivity contribution in [1.82, 2.24) is 10.2 Å². The molecule has 0 aliphatic carbocycles. The quantitative estimate of drug-likeness (QED) is 0.765. The number of amides is 1. The highest BCUT2D eigenvalue weighted by atomic mass is 16.5. The number of rotatable bonds is 6.